The molecule has 1 aromatic carbocycles. The van der Waals surface area contributed by atoms with E-state index in [0.29, 0.717) is 12.1 Å². The van der Waals surface area contributed by atoms with Crippen molar-refractivity contribution in [1.82, 2.24) is 9.62 Å². The molecule has 0 fully saturated rings. The molecule has 0 unspecified atom stereocenters. The zero-order valence-corrected chi connectivity index (χ0v) is 11.0. The predicted molar refractivity (Wildman–Crippen MR) is 64.7 cm³/mol. The van der Waals surface area contributed by atoms with Crippen molar-refractivity contribution in [2.24, 2.45) is 0 Å². The van der Waals surface area contributed by atoms with Crippen molar-refractivity contribution in [2.45, 2.75) is 18.4 Å². The van der Waals surface area contributed by atoms with E-state index in [0.717, 1.165) is 16.9 Å². The van der Waals surface area contributed by atoms with Crippen molar-refractivity contribution in [3.05, 3.63) is 29.6 Å². The van der Waals surface area contributed by atoms with E-state index in [4.69, 9.17) is 0 Å². The lowest BCUT2D eigenvalue weighted by Crippen LogP contribution is -2.25. The molecular weight excluding hydrogens is 243 g/mol. The zero-order chi connectivity index (χ0) is 13.1. The van der Waals surface area contributed by atoms with Gasteiger partial charge in [0, 0.05) is 20.6 Å². The summed E-state index contributed by atoms with van der Waals surface area (Å²) in [5, 5.41) is 3.03. The van der Waals surface area contributed by atoms with Gasteiger partial charge in [0.15, 0.2) is 0 Å². The molecule has 0 aliphatic carbocycles. The molecule has 0 saturated carbocycles. The molecule has 0 aliphatic rings. The summed E-state index contributed by atoms with van der Waals surface area (Å²) in [6, 6.07) is 3.82. The van der Waals surface area contributed by atoms with Crippen molar-refractivity contribution in [1.29, 1.82) is 0 Å². The van der Waals surface area contributed by atoms with E-state index < -0.39 is 15.8 Å². The molecule has 0 amide bonds. The van der Waals surface area contributed by atoms with Gasteiger partial charge < -0.3 is 5.32 Å². The van der Waals surface area contributed by atoms with Gasteiger partial charge in [0.2, 0.25) is 10.0 Å². The molecule has 1 N–H and O–H groups in total. The maximum Gasteiger partial charge on any atom is 0.242 e. The van der Waals surface area contributed by atoms with Gasteiger partial charge in [0.05, 0.1) is 4.90 Å². The Hall–Kier alpha value is -0.980. The van der Waals surface area contributed by atoms with Gasteiger partial charge in [-0.1, -0.05) is 13.0 Å². The van der Waals surface area contributed by atoms with E-state index in [-0.39, 0.29) is 4.90 Å². The number of rotatable bonds is 5. The fourth-order valence-electron chi connectivity index (χ4n) is 1.37. The van der Waals surface area contributed by atoms with E-state index >= 15 is 0 Å². The van der Waals surface area contributed by atoms with Crippen LogP contribution in [0.2, 0.25) is 0 Å². The molecule has 0 heterocycles. The summed E-state index contributed by atoms with van der Waals surface area (Å²) in [4.78, 5) is 0.0171. The Balaban J connectivity index is 3.25. The third-order valence-corrected chi connectivity index (χ3v) is 4.25. The quantitative estimate of drug-likeness (QED) is 0.865. The largest absolute Gasteiger partial charge is 0.313 e. The van der Waals surface area contributed by atoms with Crippen LogP contribution in [0.25, 0.3) is 0 Å². The van der Waals surface area contributed by atoms with Gasteiger partial charge >= 0.3 is 0 Å². The molecule has 0 spiro atoms. The number of benzene rings is 1. The van der Waals surface area contributed by atoms with Gasteiger partial charge in [-0.2, -0.15) is 0 Å². The van der Waals surface area contributed by atoms with Gasteiger partial charge in [-0.25, -0.2) is 17.1 Å². The third kappa shape index (κ3) is 3.24. The summed E-state index contributed by atoms with van der Waals surface area (Å²) in [6.45, 7) is 3.04. The molecule has 17 heavy (non-hydrogen) atoms. The van der Waals surface area contributed by atoms with Crippen molar-refractivity contribution >= 4 is 10.0 Å². The minimum absolute atomic E-state index is 0.0171. The fraction of sp³-hybridized carbons (Fsp3) is 0.455. The molecule has 0 aliphatic heterocycles. The lowest BCUT2D eigenvalue weighted by Gasteiger charge is -2.15. The van der Waals surface area contributed by atoms with Gasteiger partial charge in [0.1, 0.15) is 5.82 Å². The molecule has 0 radical (unpaired) electrons. The van der Waals surface area contributed by atoms with Crippen molar-refractivity contribution in [3.63, 3.8) is 0 Å². The fourth-order valence-corrected chi connectivity index (χ4v) is 2.50. The van der Waals surface area contributed by atoms with Crippen LogP contribution in [0.3, 0.4) is 0 Å². The zero-order valence-electron chi connectivity index (χ0n) is 10.2. The maximum absolute atomic E-state index is 13.2. The predicted octanol–water partition coefficient (Wildman–Crippen LogP) is 1.19. The van der Waals surface area contributed by atoms with Crippen LogP contribution in [0.5, 0.6) is 0 Å². The maximum atomic E-state index is 13.2. The highest BCUT2D eigenvalue weighted by Crippen LogP contribution is 2.19. The number of halogens is 1. The van der Waals surface area contributed by atoms with Gasteiger partial charge in [-0.05, 0) is 24.2 Å². The lowest BCUT2D eigenvalue weighted by atomic mass is 10.2. The Bertz CT molecular complexity index is 486. The molecule has 96 valence electrons. The topological polar surface area (TPSA) is 49.4 Å². The van der Waals surface area contributed by atoms with E-state index in [1.54, 1.807) is 0 Å². The molecule has 0 atom stereocenters. The van der Waals surface area contributed by atoms with Crippen molar-refractivity contribution in [3.8, 4) is 0 Å². The number of hydrogen-bond donors (Lipinski definition) is 1. The number of nitrogens with zero attached hydrogens (tertiary/aromatic N) is 1. The van der Waals surface area contributed by atoms with Gasteiger partial charge in [-0.3, -0.25) is 0 Å². The Morgan fingerprint density at radius 3 is 2.53 bits per heavy atom. The first-order valence-electron chi connectivity index (χ1n) is 5.31. The highest BCUT2D eigenvalue weighted by molar-refractivity contribution is 7.89. The second-order valence-electron chi connectivity index (χ2n) is 3.82. The van der Waals surface area contributed by atoms with Gasteiger partial charge in [0.25, 0.3) is 0 Å². The second-order valence-corrected chi connectivity index (χ2v) is 5.94. The summed E-state index contributed by atoms with van der Waals surface area (Å²) >= 11 is 0. The second kappa shape index (κ2) is 5.57. The highest BCUT2D eigenvalue weighted by Gasteiger charge is 2.21. The molecule has 1 rings (SSSR count). The van der Waals surface area contributed by atoms with E-state index in [9.17, 15) is 12.8 Å². The van der Waals surface area contributed by atoms with Gasteiger partial charge in [-0.15, -0.1) is 0 Å². The minimum Gasteiger partial charge on any atom is -0.313 e. The number of sulfonamides is 1. The molecule has 4 nitrogen and oxygen atoms in total. The van der Waals surface area contributed by atoms with Crippen LogP contribution in [0, 0.1) is 5.82 Å². The number of hydrogen-bond acceptors (Lipinski definition) is 3. The standard InChI is InChI=1S/C11H17FN2O2S/c1-4-13-8-9-5-6-10(12)7-11(9)17(15,16)14(2)3/h5-7,13H,4,8H2,1-3H3. The first-order valence-corrected chi connectivity index (χ1v) is 6.75. The summed E-state index contributed by atoms with van der Waals surface area (Å²) in [5.41, 5.74) is 0.571. The molecule has 0 bridgehead atoms. The van der Waals surface area contributed by atoms with Crippen LogP contribution >= 0.6 is 0 Å². The minimum atomic E-state index is -3.61. The molecule has 6 heteroatoms. The summed E-state index contributed by atoms with van der Waals surface area (Å²) in [6.07, 6.45) is 0. The Morgan fingerprint density at radius 2 is 2.00 bits per heavy atom. The molecule has 0 aromatic heterocycles. The molecule has 1 aromatic rings. The summed E-state index contributed by atoms with van der Waals surface area (Å²) in [7, 11) is -0.751. The lowest BCUT2D eigenvalue weighted by molar-refractivity contribution is 0.516. The SMILES string of the molecule is CCNCc1ccc(F)cc1S(=O)(=O)N(C)C. The Labute approximate surface area is 101 Å². The monoisotopic (exact) mass is 260 g/mol. The normalized spacial score (nSPS) is 12.1. The molecule has 0 saturated heterocycles. The van der Waals surface area contributed by atoms with Crippen LogP contribution in [0.1, 0.15) is 12.5 Å². The third-order valence-electron chi connectivity index (χ3n) is 2.35. The van der Waals surface area contributed by atoms with E-state index in [2.05, 4.69) is 5.32 Å². The van der Waals surface area contributed by atoms with E-state index in [1.807, 2.05) is 6.92 Å². The van der Waals surface area contributed by atoms with E-state index in [1.165, 1.54) is 26.2 Å². The first kappa shape index (κ1) is 14.1. The number of nitrogens with one attached hydrogen (secondary N) is 1. The first-order chi connectivity index (χ1) is 7.89. The van der Waals surface area contributed by atoms with Crippen LogP contribution in [0.15, 0.2) is 23.1 Å². The van der Waals surface area contributed by atoms with Crippen LogP contribution < -0.4 is 5.32 Å². The van der Waals surface area contributed by atoms with Crippen LogP contribution in [0.4, 0.5) is 4.39 Å². The molecular formula is C11H17FN2O2S. The Kier molecular flexibility index (Phi) is 4.62. The van der Waals surface area contributed by atoms with Crippen molar-refractivity contribution in [2.75, 3.05) is 20.6 Å². The van der Waals surface area contributed by atoms with Crippen molar-refractivity contribution < 1.29 is 12.8 Å². The summed E-state index contributed by atoms with van der Waals surface area (Å²) in [5.74, 6) is -0.550. The summed E-state index contributed by atoms with van der Waals surface area (Å²) < 4.78 is 38.2. The Morgan fingerprint density at radius 1 is 1.35 bits per heavy atom. The average molecular weight is 260 g/mol. The smallest absolute Gasteiger partial charge is 0.242 e. The van der Waals surface area contributed by atoms with Crippen LogP contribution in [-0.4, -0.2) is 33.4 Å². The average Bonchev–Trinajstić information content (AvgIpc) is 2.27. The highest BCUT2D eigenvalue weighted by atomic mass is 32.2. The van der Waals surface area contributed by atoms with Crippen LogP contribution in [-0.2, 0) is 16.6 Å².